The second kappa shape index (κ2) is 28.9. The highest BCUT2D eigenvalue weighted by molar-refractivity contribution is 5.97. The fourth-order valence-corrected chi connectivity index (χ4v) is 5.53. The maximum Gasteiger partial charge on any atom is 0.338 e. The van der Waals surface area contributed by atoms with Crippen LogP contribution < -0.4 is 5.32 Å². The molecule has 0 aliphatic rings. The highest BCUT2D eigenvalue weighted by atomic mass is 16.5. The number of esters is 2. The summed E-state index contributed by atoms with van der Waals surface area (Å²) in [5.74, 6) is -2.08. The standard InChI is InChI=1S/C38H65NO6/c1-3-5-7-9-11-13-15-17-19-21-23-25-27-44-37(42)33-29-34(31-35(30-33)39-32-36(40)41)38(43)45-28-26-24-22-20-18-16-14-12-10-8-6-4-2/h29-31,39H,3-28,32H2,1-2H3,(H,40,41). The first-order valence-electron chi connectivity index (χ1n) is 18.4. The van der Waals surface area contributed by atoms with Gasteiger partial charge >= 0.3 is 17.9 Å². The molecule has 2 N–H and O–H groups in total. The molecule has 0 aliphatic heterocycles. The number of hydrogen-bond donors (Lipinski definition) is 2. The lowest BCUT2D eigenvalue weighted by atomic mass is 10.1. The predicted octanol–water partition coefficient (Wildman–Crippen LogP) is 10.9. The molecule has 0 saturated heterocycles. The van der Waals surface area contributed by atoms with E-state index < -0.39 is 17.9 Å². The van der Waals surface area contributed by atoms with Crippen molar-refractivity contribution < 1.29 is 29.0 Å². The van der Waals surface area contributed by atoms with Gasteiger partial charge in [0.2, 0.25) is 0 Å². The van der Waals surface area contributed by atoms with Crippen molar-refractivity contribution in [3.05, 3.63) is 29.3 Å². The zero-order chi connectivity index (χ0) is 32.8. The summed E-state index contributed by atoms with van der Waals surface area (Å²) in [5, 5.41) is 11.8. The number of hydrogen-bond acceptors (Lipinski definition) is 6. The third-order valence-corrected chi connectivity index (χ3v) is 8.31. The number of rotatable bonds is 31. The first-order valence-corrected chi connectivity index (χ1v) is 18.4. The SMILES string of the molecule is CCCCCCCCCCCCCCOC(=O)c1cc(NCC(=O)O)cc(C(=O)OCCCCCCCCCCCCCC)c1. The number of aliphatic carboxylic acids is 1. The average molecular weight is 632 g/mol. The van der Waals surface area contributed by atoms with Crippen LogP contribution in [0, 0.1) is 0 Å². The number of anilines is 1. The van der Waals surface area contributed by atoms with Gasteiger partial charge in [0.05, 0.1) is 24.3 Å². The second-order valence-corrected chi connectivity index (χ2v) is 12.6. The van der Waals surface area contributed by atoms with Gasteiger partial charge in [0.1, 0.15) is 6.54 Å². The number of benzene rings is 1. The molecular weight excluding hydrogens is 566 g/mol. The van der Waals surface area contributed by atoms with Gasteiger partial charge in [-0.15, -0.1) is 0 Å². The molecule has 0 radical (unpaired) electrons. The van der Waals surface area contributed by atoms with Gasteiger partial charge in [-0.1, -0.05) is 155 Å². The molecule has 0 spiro atoms. The molecule has 1 aromatic rings. The summed E-state index contributed by atoms with van der Waals surface area (Å²) in [5.41, 5.74) is 0.790. The maximum absolute atomic E-state index is 12.8. The first kappa shape index (κ1) is 40.5. The Morgan fingerprint density at radius 3 is 1.13 bits per heavy atom. The van der Waals surface area contributed by atoms with E-state index >= 15 is 0 Å². The summed E-state index contributed by atoms with van der Waals surface area (Å²) in [7, 11) is 0. The van der Waals surface area contributed by atoms with Crippen molar-refractivity contribution in [3.63, 3.8) is 0 Å². The third kappa shape index (κ3) is 23.4. The van der Waals surface area contributed by atoms with Crippen LogP contribution in [-0.2, 0) is 14.3 Å². The van der Waals surface area contributed by atoms with Gasteiger partial charge in [0.15, 0.2) is 0 Å². The van der Waals surface area contributed by atoms with Crippen molar-refractivity contribution in [2.75, 3.05) is 25.1 Å². The van der Waals surface area contributed by atoms with Gasteiger partial charge in [0.25, 0.3) is 0 Å². The Bertz CT molecular complexity index is 842. The topological polar surface area (TPSA) is 102 Å². The summed E-state index contributed by atoms with van der Waals surface area (Å²) < 4.78 is 11.0. The van der Waals surface area contributed by atoms with E-state index in [0.717, 1.165) is 38.5 Å². The summed E-state index contributed by atoms with van der Waals surface area (Å²) >= 11 is 0. The van der Waals surface area contributed by atoms with Crippen LogP contribution in [0.3, 0.4) is 0 Å². The number of ether oxygens (including phenoxy) is 2. The Hall–Kier alpha value is -2.57. The van der Waals surface area contributed by atoms with Crippen molar-refractivity contribution in [2.24, 2.45) is 0 Å². The zero-order valence-corrected chi connectivity index (χ0v) is 28.8. The van der Waals surface area contributed by atoms with Crippen LogP contribution in [0.15, 0.2) is 18.2 Å². The van der Waals surface area contributed by atoms with Gasteiger partial charge in [-0.25, -0.2) is 9.59 Å². The van der Waals surface area contributed by atoms with Crippen LogP contribution in [0.4, 0.5) is 5.69 Å². The van der Waals surface area contributed by atoms with E-state index in [2.05, 4.69) is 19.2 Å². The molecule has 1 aromatic carbocycles. The molecule has 0 unspecified atom stereocenters. The molecule has 0 heterocycles. The molecule has 1 rings (SSSR count). The number of carbonyl (C=O) groups is 3. The number of nitrogens with one attached hydrogen (secondary N) is 1. The van der Waals surface area contributed by atoms with Crippen LogP contribution in [-0.4, -0.2) is 42.8 Å². The van der Waals surface area contributed by atoms with Gasteiger partial charge in [-0.3, -0.25) is 4.79 Å². The van der Waals surface area contributed by atoms with Crippen molar-refractivity contribution in [1.82, 2.24) is 0 Å². The molecule has 258 valence electrons. The summed E-state index contributed by atoms with van der Waals surface area (Å²) in [6.45, 7) is 4.81. The molecule has 0 bridgehead atoms. The minimum atomic E-state index is -1.04. The highest BCUT2D eigenvalue weighted by Gasteiger charge is 2.16. The van der Waals surface area contributed by atoms with Gasteiger partial charge in [-0.05, 0) is 31.0 Å². The first-order chi connectivity index (χ1) is 22.0. The molecule has 0 aromatic heterocycles. The van der Waals surface area contributed by atoms with E-state index in [1.54, 1.807) is 0 Å². The molecular formula is C38H65NO6. The number of unbranched alkanes of at least 4 members (excludes halogenated alkanes) is 22. The summed E-state index contributed by atoms with van der Waals surface area (Å²) in [6, 6.07) is 4.52. The average Bonchev–Trinajstić information content (AvgIpc) is 3.04. The molecule has 7 heteroatoms. The third-order valence-electron chi connectivity index (χ3n) is 8.31. The lowest BCUT2D eigenvalue weighted by Gasteiger charge is -2.11. The highest BCUT2D eigenvalue weighted by Crippen LogP contribution is 2.19. The van der Waals surface area contributed by atoms with Crippen LogP contribution in [0.5, 0.6) is 0 Å². The van der Waals surface area contributed by atoms with Gasteiger partial charge in [-0.2, -0.15) is 0 Å². The monoisotopic (exact) mass is 631 g/mol. The Morgan fingerprint density at radius 1 is 0.511 bits per heavy atom. The van der Waals surface area contributed by atoms with Crippen LogP contribution in [0.1, 0.15) is 189 Å². The lowest BCUT2D eigenvalue weighted by molar-refractivity contribution is -0.134. The van der Waals surface area contributed by atoms with Crippen molar-refractivity contribution in [1.29, 1.82) is 0 Å². The number of carboxylic acid groups (broad SMARTS) is 1. The zero-order valence-electron chi connectivity index (χ0n) is 28.8. The Morgan fingerprint density at radius 2 is 0.822 bits per heavy atom. The van der Waals surface area contributed by atoms with E-state index in [1.165, 1.54) is 134 Å². The normalized spacial score (nSPS) is 11.0. The quantitative estimate of drug-likeness (QED) is 0.0621. The minimum Gasteiger partial charge on any atom is -0.480 e. The molecule has 0 aliphatic carbocycles. The van der Waals surface area contributed by atoms with Gasteiger partial charge < -0.3 is 19.9 Å². The van der Waals surface area contributed by atoms with E-state index in [1.807, 2.05) is 0 Å². The molecule has 0 amide bonds. The Kier molecular flexibility index (Phi) is 26.0. The van der Waals surface area contributed by atoms with Crippen molar-refractivity contribution in [3.8, 4) is 0 Å². The Balaban J connectivity index is 2.33. The molecule has 45 heavy (non-hydrogen) atoms. The van der Waals surface area contributed by atoms with Crippen LogP contribution in [0.25, 0.3) is 0 Å². The van der Waals surface area contributed by atoms with Crippen molar-refractivity contribution in [2.45, 2.75) is 168 Å². The predicted molar refractivity (Wildman–Crippen MR) is 185 cm³/mol. The molecule has 0 fully saturated rings. The smallest absolute Gasteiger partial charge is 0.338 e. The van der Waals surface area contributed by atoms with Crippen LogP contribution >= 0.6 is 0 Å². The summed E-state index contributed by atoms with van der Waals surface area (Å²) in [6.07, 6.45) is 29.6. The second-order valence-electron chi connectivity index (χ2n) is 12.6. The van der Waals surface area contributed by atoms with Crippen molar-refractivity contribution >= 4 is 23.6 Å². The largest absolute Gasteiger partial charge is 0.480 e. The molecule has 0 saturated carbocycles. The van der Waals surface area contributed by atoms with E-state index in [4.69, 9.17) is 14.6 Å². The fraction of sp³-hybridized carbons (Fsp3) is 0.763. The summed E-state index contributed by atoms with van der Waals surface area (Å²) in [4.78, 5) is 36.6. The molecule has 7 nitrogen and oxygen atoms in total. The van der Waals surface area contributed by atoms with E-state index in [9.17, 15) is 14.4 Å². The van der Waals surface area contributed by atoms with E-state index in [-0.39, 0.29) is 17.7 Å². The minimum absolute atomic E-state index is 0.210. The number of carbonyl (C=O) groups excluding carboxylic acids is 2. The molecule has 0 atom stereocenters. The fourth-order valence-electron chi connectivity index (χ4n) is 5.53. The Labute approximate surface area is 274 Å². The maximum atomic E-state index is 12.8. The van der Waals surface area contributed by atoms with Gasteiger partial charge in [0, 0.05) is 5.69 Å². The van der Waals surface area contributed by atoms with Crippen LogP contribution in [0.2, 0.25) is 0 Å². The van der Waals surface area contributed by atoms with E-state index in [0.29, 0.717) is 18.9 Å². The lowest BCUT2D eigenvalue weighted by Crippen LogP contribution is -2.15. The number of carboxylic acids is 1.